The number of hydrogen-bond acceptors (Lipinski definition) is 4. The van der Waals surface area contributed by atoms with Crippen LogP contribution in [0.2, 0.25) is 0 Å². The lowest BCUT2D eigenvalue weighted by Gasteiger charge is -2.47. The molecule has 1 amide bonds. The molecule has 2 aromatic carbocycles. The molecule has 6 heteroatoms. The number of aryl methyl sites for hydroxylation is 1. The number of carbonyl (C=O) groups excluding carboxylic acids is 1. The smallest absolute Gasteiger partial charge is 0.275 e. The first-order valence-corrected chi connectivity index (χ1v) is 10.8. The minimum Gasteiger partial charge on any atom is -0.496 e. The monoisotopic (exact) mass is 425 g/mol. The number of nitrogens with one attached hydrogen (secondary N) is 1. The van der Waals surface area contributed by atoms with E-state index < -0.39 is 5.91 Å². The van der Waals surface area contributed by atoms with Gasteiger partial charge in [-0.3, -0.25) is 4.79 Å². The number of halogens is 1. The van der Waals surface area contributed by atoms with Gasteiger partial charge in [0.25, 0.3) is 5.91 Å². The minimum atomic E-state index is -0.407. The summed E-state index contributed by atoms with van der Waals surface area (Å²) in [4.78, 5) is 14.8. The lowest BCUT2D eigenvalue weighted by Crippen LogP contribution is -2.48. The summed E-state index contributed by atoms with van der Waals surface area (Å²) in [6, 6.07) is 8.76. The summed E-state index contributed by atoms with van der Waals surface area (Å²) in [5.41, 5.74) is 6.24. The normalized spacial score (nSPS) is 17.5. The van der Waals surface area contributed by atoms with Crippen LogP contribution in [0.4, 0.5) is 10.1 Å². The van der Waals surface area contributed by atoms with Crippen molar-refractivity contribution in [2.45, 2.75) is 58.9 Å². The maximum atomic E-state index is 14.9. The van der Waals surface area contributed by atoms with E-state index in [1.165, 1.54) is 13.3 Å². The van der Waals surface area contributed by atoms with E-state index in [9.17, 15) is 9.18 Å². The van der Waals surface area contributed by atoms with Crippen molar-refractivity contribution in [2.75, 3.05) is 18.6 Å². The Hall–Kier alpha value is -2.89. The summed E-state index contributed by atoms with van der Waals surface area (Å²) in [6.45, 7) is 11.5. The van der Waals surface area contributed by atoms with Gasteiger partial charge in [-0.25, -0.2) is 9.82 Å². The average Bonchev–Trinajstić information content (AvgIpc) is 2.71. The van der Waals surface area contributed by atoms with Crippen LogP contribution in [0, 0.1) is 12.7 Å². The van der Waals surface area contributed by atoms with E-state index in [4.69, 9.17) is 4.74 Å². The highest BCUT2D eigenvalue weighted by atomic mass is 19.1. The Balaban J connectivity index is 1.84. The van der Waals surface area contributed by atoms with Gasteiger partial charge in [0.15, 0.2) is 0 Å². The van der Waals surface area contributed by atoms with Gasteiger partial charge in [-0.2, -0.15) is 5.10 Å². The average molecular weight is 426 g/mol. The molecule has 0 aromatic heterocycles. The van der Waals surface area contributed by atoms with Crippen molar-refractivity contribution < 1.29 is 13.9 Å². The molecule has 1 atom stereocenters. The molecule has 1 aliphatic rings. The molecule has 31 heavy (non-hydrogen) atoms. The van der Waals surface area contributed by atoms with E-state index in [0.717, 1.165) is 36.2 Å². The molecule has 0 fully saturated rings. The van der Waals surface area contributed by atoms with Crippen LogP contribution in [0.25, 0.3) is 0 Å². The summed E-state index contributed by atoms with van der Waals surface area (Å²) < 4.78 is 20.2. The van der Waals surface area contributed by atoms with Crippen LogP contribution >= 0.6 is 0 Å². The molecule has 3 rings (SSSR count). The third-order valence-corrected chi connectivity index (χ3v) is 5.92. The lowest BCUT2D eigenvalue weighted by molar-refractivity contribution is 0.0952. The van der Waals surface area contributed by atoms with Crippen LogP contribution in [0.3, 0.4) is 0 Å². The van der Waals surface area contributed by atoms with Crippen LogP contribution in [-0.2, 0) is 0 Å². The number of benzene rings is 2. The van der Waals surface area contributed by atoms with Crippen molar-refractivity contribution in [1.29, 1.82) is 0 Å². The van der Waals surface area contributed by atoms with Crippen molar-refractivity contribution in [2.24, 2.45) is 5.10 Å². The molecule has 5 nitrogen and oxygen atoms in total. The first-order valence-electron chi connectivity index (χ1n) is 10.8. The number of anilines is 1. The fraction of sp³-hybridized carbons (Fsp3) is 0.440. The Kier molecular flexibility index (Phi) is 6.68. The van der Waals surface area contributed by atoms with Gasteiger partial charge in [-0.15, -0.1) is 0 Å². The predicted octanol–water partition coefficient (Wildman–Crippen LogP) is 5.41. The molecular weight excluding hydrogens is 393 g/mol. The molecule has 2 aromatic rings. The van der Waals surface area contributed by atoms with Crippen LogP contribution < -0.4 is 15.1 Å². The van der Waals surface area contributed by atoms with E-state index in [2.05, 4.69) is 43.1 Å². The van der Waals surface area contributed by atoms with Crippen LogP contribution in [0.5, 0.6) is 5.75 Å². The van der Waals surface area contributed by atoms with Gasteiger partial charge in [0.1, 0.15) is 11.6 Å². The quantitative estimate of drug-likeness (QED) is 0.497. The largest absolute Gasteiger partial charge is 0.496 e. The number of carbonyl (C=O) groups is 1. The van der Waals surface area contributed by atoms with E-state index in [1.807, 2.05) is 19.1 Å². The molecule has 1 heterocycles. The zero-order valence-electron chi connectivity index (χ0n) is 19.3. The number of rotatable bonds is 6. The van der Waals surface area contributed by atoms with Gasteiger partial charge in [-0.05, 0) is 74.9 Å². The van der Waals surface area contributed by atoms with Crippen molar-refractivity contribution in [3.63, 3.8) is 0 Å². The third kappa shape index (κ3) is 4.73. The number of nitrogens with zero attached hydrogens (tertiary/aromatic N) is 2. The molecule has 1 N–H and O–H groups in total. The second kappa shape index (κ2) is 9.08. The zero-order valence-corrected chi connectivity index (χ0v) is 19.3. The molecule has 0 saturated carbocycles. The summed E-state index contributed by atoms with van der Waals surface area (Å²) >= 11 is 0. The molecule has 1 unspecified atom stereocenters. The second-order valence-electron chi connectivity index (χ2n) is 8.90. The molecule has 0 spiro atoms. The van der Waals surface area contributed by atoms with E-state index in [1.54, 1.807) is 18.2 Å². The van der Waals surface area contributed by atoms with Crippen molar-refractivity contribution in [3.05, 3.63) is 58.4 Å². The minimum absolute atomic E-state index is 0.0223. The predicted molar refractivity (Wildman–Crippen MR) is 124 cm³/mol. The number of methoxy groups -OCH3 is 1. The zero-order chi connectivity index (χ0) is 22.8. The SMILES string of the molecule is CCCN1c2cc(F)c(/C=N\NC(=O)c3ccc(C)cc3OC)cc2C(C)CC1(C)C. The molecule has 0 bridgehead atoms. The van der Waals surface area contributed by atoms with E-state index in [0.29, 0.717) is 22.8 Å². The molecule has 1 aliphatic heterocycles. The van der Waals surface area contributed by atoms with Gasteiger partial charge >= 0.3 is 0 Å². The maximum Gasteiger partial charge on any atom is 0.275 e. The number of hydrogen-bond donors (Lipinski definition) is 1. The Morgan fingerprint density at radius 2 is 2.10 bits per heavy atom. The lowest BCUT2D eigenvalue weighted by atomic mass is 9.79. The molecular formula is C25H32FN3O2. The number of amides is 1. The van der Waals surface area contributed by atoms with Gasteiger partial charge in [-0.1, -0.05) is 19.9 Å². The van der Waals surface area contributed by atoms with Gasteiger partial charge < -0.3 is 9.64 Å². The highest BCUT2D eigenvalue weighted by molar-refractivity contribution is 5.97. The topological polar surface area (TPSA) is 53.9 Å². The van der Waals surface area contributed by atoms with Crippen molar-refractivity contribution >= 4 is 17.8 Å². The van der Waals surface area contributed by atoms with Crippen LogP contribution in [0.1, 0.15) is 73.5 Å². The Morgan fingerprint density at radius 1 is 1.35 bits per heavy atom. The van der Waals surface area contributed by atoms with Crippen molar-refractivity contribution in [1.82, 2.24) is 5.43 Å². The Morgan fingerprint density at radius 3 is 2.77 bits per heavy atom. The molecule has 166 valence electrons. The Bertz CT molecular complexity index is 1000. The number of fused-ring (bicyclic) bond motifs is 1. The number of hydrazone groups is 1. The van der Waals surface area contributed by atoms with Gasteiger partial charge in [0, 0.05) is 23.3 Å². The fourth-order valence-corrected chi connectivity index (χ4v) is 4.47. The highest BCUT2D eigenvalue weighted by Gasteiger charge is 2.36. The first kappa shape index (κ1) is 22.8. The summed E-state index contributed by atoms with van der Waals surface area (Å²) in [5.74, 6) is 0.0174. The summed E-state index contributed by atoms with van der Waals surface area (Å²) in [7, 11) is 1.52. The number of ether oxygens (including phenoxy) is 1. The first-order chi connectivity index (χ1) is 14.7. The Labute approximate surface area is 184 Å². The highest BCUT2D eigenvalue weighted by Crippen LogP contribution is 2.44. The van der Waals surface area contributed by atoms with Gasteiger partial charge in [0.05, 0.1) is 18.9 Å². The fourth-order valence-electron chi connectivity index (χ4n) is 4.47. The standard InChI is InChI=1S/C25H32FN3O2/c1-7-10-29-22-13-21(26)18(12-20(22)17(3)14-25(29,4)5)15-27-28-24(30)19-9-8-16(2)11-23(19)31-6/h8-9,11-13,15,17H,7,10,14H2,1-6H3,(H,28,30)/b27-15-. The maximum absolute atomic E-state index is 14.9. The summed E-state index contributed by atoms with van der Waals surface area (Å²) in [5, 5.41) is 4.00. The molecule has 0 saturated heterocycles. The van der Waals surface area contributed by atoms with E-state index >= 15 is 0 Å². The third-order valence-electron chi connectivity index (χ3n) is 5.92. The summed E-state index contributed by atoms with van der Waals surface area (Å²) in [6.07, 6.45) is 3.35. The van der Waals surface area contributed by atoms with Crippen molar-refractivity contribution in [3.8, 4) is 5.75 Å². The van der Waals surface area contributed by atoms with Crippen LogP contribution in [-0.4, -0.2) is 31.3 Å². The van der Waals surface area contributed by atoms with Crippen LogP contribution in [0.15, 0.2) is 35.4 Å². The van der Waals surface area contributed by atoms with E-state index in [-0.39, 0.29) is 11.4 Å². The molecule has 0 aliphatic carbocycles. The molecule has 0 radical (unpaired) electrons. The van der Waals surface area contributed by atoms with Gasteiger partial charge in [0.2, 0.25) is 0 Å². The second-order valence-corrected chi connectivity index (χ2v) is 8.90.